The first-order valence-corrected chi connectivity index (χ1v) is 7.47. The maximum absolute atomic E-state index is 12.5. The van der Waals surface area contributed by atoms with Gasteiger partial charge < -0.3 is 10.8 Å². The third kappa shape index (κ3) is 2.71. The molecule has 1 heterocycles. The Hall–Kier alpha value is -1.60. The second-order valence-electron chi connectivity index (χ2n) is 4.54. The van der Waals surface area contributed by atoms with Crippen LogP contribution in [0.4, 0.5) is 5.69 Å². The van der Waals surface area contributed by atoms with E-state index in [2.05, 4.69) is 0 Å². The largest absolute Gasteiger partial charge is 0.480 e. The molecule has 1 fully saturated rings. The van der Waals surface area contributed by atoms with E-state index < -0.39 is 22.0 Å². The van der Waals surface area contributed by atoms with Crippen molar-refractivity contribution in [3.8, 4) is 0 Å². The number of anilines is 1. The summed E-state index contributed by atoms with van der Waals surface area (Å²) in [5, 5.41) is 9.14. The minimum atomic E-state index is -3.81. The van der Waals surface area contributed by atoms with Crippen LogP contribution in [-0.4, -0.2) is 36.4 Å². The van der Waals surface area contributed by atoms with E-state index >= 15 is 0 Å². The molecular formula is C12H16N2O4S. The smallest absolute Gasteiger partial charge is 0.322 e. The Morgan fingerprint density at radius 3 is 2.74 bits per heavy atom. The van der Waals surface area contributed by atoms with Crippen molar-refractivity contribution in [2.24, 2.45) is 0 Å². The van der Waals surface area contributed by atoms with Gasteiger partial charge in [0, 0.05) is 12.2 Å². The van der Waals surface area contributed by atoms with Gasteiger partial charge in [0.15, 0.2) is 0 Å². The molecule has 1 aromatic rings. The number of nitrogens with two attached hydrogens (primary N) is 1. The minimum Gasteiger partial charge on any atom is -0.480 e. The number of carboxylic acid groups (broad SMARTS) is 1. The number of nitrogens with zero attached hydrogens (tertiary/aromatic N) is 1. The van der Waals surface area contributed by atoms with E-state index in [1.165, 1.54) is 12.1 Å². The van der Waals surface area contributed by atoms with E-state index in [-0.39, 0.29) is 11.4 Å². The lowest BCUT2D eigenvalue weighted by atomic mass is 10.1. The Morgan fingerprint density at radius 2 is 2.11 bits per heavy atom. The first-order chi connectivity index (χ1) is 8.93. The van der Waals surface area contributed by atoms with Gasteiger partial charge in [0.05, 0.1) is 4.90 Å². The number of nitrogen functional groups attached to an aromatic ring is 1. The van der Waals surface area contributed by atoms with Crippen LogP contribution in [-0.2, 0) is 14.8 Å². The fourth-order valence-corrected chi connectivity index (χ4v) is 3.96. The minimum absolute atomic E-state index is 0.0423. The van der Waals surface area contributed by atoms with Crippen LogP contribution in [0.25, 0.3) is 0 Å². The second kappa shape index (κ2) is 5.18. The third-order valence-electron chi connectivity index (χ3n) is 3.20. The van der Waals surface area contributed by atoms with Crippen LogP contribution in [0.1, 0.15) is 19.3 Å². The lowest BCUT2D eigenvalue weighted by molar-refractivity contribution is -0.142. The standard InChI is InChI=1S/C12H16N2O4S/c13-9-4-3-5-10(8-9)19(17,18)14-7-2-1-6-11(14)12(15)16/h3-5,8,11H,1-2,6-7,13H2,(H,15,16)/t11-/m1/s1. The average Bonchev–Trinajstić information content (AvgIpc) is 2.38. The number of hydrogen-bond donors (Lipinski definition) is 2. The average molecular weight is 284 g/mol. The lowest BCUT2D eigenvalue weighted by Crippen LogP contribution is -2.47. The Kier molecular flexibility index (Phi) is 3.77. The second-order valence-corrected chi connectivity index (χ2v) is 6.43. The van der Waals surface area contributed by atoms with Gasteiger partial charge in [-0.1, -0.05) is 6.07 Å². The van der Waals surface area contributed by atoms with Crippen LogP contribution in [0.3, 0.4) is 0 Å². The SMILES string of the molecule is Nc1cccc(S(=O)(=O)N2CCCC[C@@H]2C(=O)O)c1. The first kappa shape index (κ1) is 13.8. The molecule has 0 aliphatic carbocycles. The third-order valence-corrected chi connectivity index (χ3v) is 5.11. The van der Waals surface area contributed by atoms with Gasteiger partial charge in [0.25, 0.3) is 0 Å². The fourth-order valence-electron chi connectivity index (χ4n) is 2.25. The van der Waals surface area contributed by atoms with Gasteiger partial charge in [-0.15, -0.1) is 0 Å². The molecular weight excluding hydrogens is 268 g/mol. The number of benzene rings is 1. The molecule has 2 rings (SSSR count). The molecule has 0 radical (unpaired) electrons. The van der Waals surface area contributed by atoms with Gasteiger partial charge in [-0.25, -0.2) is 8.42 Å². The number of piperidine rings is 1. The lowest BCUT2D eigenvalue weighted by Gasteiger charge is -2.31. The maximum Gasteiger partial charge on any atom is 0.322 e. The van der Waals surface area contributed by atoms with E-state index in [1.807, 2.05) is 0 Å². The first-order valence-electron chi connectivity index (χ1n) is 6.03. The van der Waals surface area contributed by atoms with Gasteiger partial charge >= 0.3 is 5.97 Å². The van der Waals surface area contributed by atoms with Crippen molar-refractivity contribution < 1.29 is 18.3 Å². The summed E-state index contributed by atoms with van der Waals surface area (Å²) in [6.45, 7) is 0.230. The summed E-state index contributed by atoms with van der Waals surface area (Å²) in [5.74, 6) is -1.10. The summed E-state index contributed by atoms with van der Waals surface area (Å²) in [6, 6.07) is 4.92. The highest BCUT2D eigenvalue weighted by molar-refractivity contribution is 7.89. The molecule has 1 aromatic carbocycles. The molecule has 104 valence electrons. The molecule has 6 nitrogen and oxygen atoms in total. The van der Waals surface area contributed by atoms with Gasteiger partial charge in [-0.2, -0.15) is 4.31 Å². The van der Waals surface area contributed by atoms with Crippen LogP contribution in [0.5, 0.6) is 0 Å². The maximum atomic E-state index is 12.5. The molecule has 0 aromatic heterocycles. The van der Waals surface area contributed by atoms with Gasteiger partial charge in [0.2, 0.25) is 10.0 Å². The van der Waals surface area contributed by atoms with Gasteiger partial charge in [-0.05, 0) is 37.5 Å². The summed E-state index contributed by atoms with van der Waals surface area (Å²) in [5.41, 5.74) is 5.92. The Balaban J connectivity index is 2.40. The van der Waals surface area contributed by atoms with E-state index in [0.717, 1.165) is 10.7 Å². The molecule has 0 spiro atoms. The quantitative estimate of drug-likeness (QED) is 0.803. The van der Waals surface area contributed by atoms with Gasteiger partial charge in [0.1, 0.15) is 6.04 Å². The number of sulfonamides is 1. The van der Waals surface area contributed by atoms with Crippen molar-refractivity contribution in [2.45, 2.75) is 30.2 Å². The van der Waals surface area contributed by atoms with Crippen molar-refractivity contribution in [1.29, 1.82) is 0 Å². The summed E-state index contributed by atoms with van der Waals surface area (Å²) < 4.78 is 26.0. The molecule has 0 unspecified atom stereocenters. The molecule has 7 heteroatoms. The number of rotatable bonds is 3. The highest BCUT2D eigenvalue weighted by atomic mass is 32.2. The van der Waals surface area contributed by atoms with E-state index in [4.69, 9.17) is 10.8 Å². The van der Waals surface area contributed by atoms with Crippen LogP contribution in [0, 0.1) is 0 Å². The highest BCUT2D eigenvalue weighted by Crippen LogP contribution is 2.26. The van der Waals surface area contributed by atoms with Crippen molar-refractivity contribution >= 4 is 21.7 Å². The molecule has 1 atom stereocenters. The number of carbonyl (C=O) groups is 1. The van der Waals surface area contributed by atoms with Crippen molar-refractivity contribution in [3.63, 3.8) is 0 Å². The zero-order chi connectivity index (χ0) is 14.0. The number of carboxylic acids is 1. The predicted octanol–water partition coefficient (Wildman–Crippen LogP) is 0.897. The molecule has 0 saturated carbocycles. The van der Waals surface area contributed by atoms with Crippen LogP contribution >= 0.6 is 0 Å². The van der Waals surface area contributed by atoms with E-state index in [1.54, 1.807) is 12.1 Å². The van der Waals surface area contributed by atoms with Crippen LogP contribution in [0.2, 0.25) is 0 Å². The monoisotopic (exact) mass is 284 g/mol. The van der Waals surface area contributed by atoms with E-state index in [0.29, 0.717) is 18.5 Å². The van der Waals surface area contributed by atoms with Crippen molar-refractivity contribution in [1.82, 2.24) is 4.31 Å². The molecule has 3 N–H and O–H groups in total. The summed E-state index contributed by atoms with van der Waals surface area (Å²) in [4.78, 5) is 11.2. The highest BCUT2D eigenvalue weighted by Gasteiger charge is 2.37. The molecule has 19 heavy (non-hydrogen) atoms. The molecule has 0 bridgehead atoms. The Labute approximate surface area is 111 Å². The zero-order valence-corrected chi connectivity index (χ0v) is 11.1. The zero-order valence-electron chi connectivity index (χ0n) is 10.3. The van der Waals surface area contributed by atoms with Crippen molar-refractivity contribution in [2.75, 3.05) is 12.3 Å². The summed E-state index contributed by atoms with van der Waals surface area (Å²) >= 11 is 0. The van der Waals surface area contributed by atoms with E-state index in [9.17, 15) is 13.2 Å². The fraction of sp³-hybridized carbons (Fsp3) is 0.417. The Morgan fingerprint density at radius 1 is 1.37 bits per heavy atom. The summed E-state index contributed by atoms with van der Waals surface area (Å²) in [6.07, 6.45) is 1.74. The molecule has 1 saturated heterocycles. The Bertz CT molecular complexity index is 585. The van der Waals surface area contributed by atoms with Crippen LogP contribution in [0.15, 0.2) is 29.2 Å². The molecule has 1 aliphatic rings. The van der Waals surface area contributed by atoms with Crippen molar-refractivity contribution in [3.05, 3.63) is 24.3 Å². The normalized spacial score (nSPS) is 21.2. The van der Waals surface area contributed by atoms with Crippen LogP contribution < -0.4 is 5.73 Å². The summed E-state index contributed by atoms with van der Waals surface area (Å²) in [7, 11) is -3.81. The topological polar surface area (TPSA) is 101 Å². The molecule has 1 aliphatic heterocycles. The molecule has 0 amide bonds. The number of hydrogen-bond acceptors (Lipinski definition) is 4. The predicted molar refractivity (Wildman–Crippen MR) is 70.0 cm³/mol. The number of aliphatic carboxylic acids is 1. The van der Waals surface area contributed by atoms with Gasteiger partial charge in [-0.3, -0.25) is 4.79 Å².